The van der Waals surface area contributed by atoms with Gasteiger partial charge in [0.15, 0.2) is 0 Å². The number of hydrogen-bond acceptors (Lipinski definition) is 3. The molecule has 0 atom stereocenters. The topological polar surface area (TPSA) is 41.5 Å². The lowest BCUT2D eigenvalue weighted by molar-refractivity contribution is 0.304. The van der Waals surface area contributed by atoms with E-state index in [2.05, 4.69) is 12.4 Å². The Morgan fingerprint density at radius 1 is 1.06 bits per heavy atom. The van der Waals surface area contributed by atoms with Crippen molar-refractivity contribution in [3.05, 3.63) is 24.3 Å². The zero-order chi connectivity index (χ0) is 11.6. The Labute approximate surface area is 97.4 Å². The summed E-state index contributed by atoms with van der Waals surface area (Å²) in [6.07, 6.45) is 6.24. The highest BCUT2D eigenvalue weighted by Crippen LogP contribution is 2.15. The van der Waals surface area contributed by atoms with E-state index in [4.69, 9.17) is 9.94 Å². The van der Waals surface area contributed by atoms with Gasteiger partial charge >= 0.3 is 0 Å². The molecular weight excluding hydrogens is 202 g/mol. The van der Waals surface area contributed by atoms with Gasteiger partial charge in [-0.1, -0.05) is 32.6 Å². The van der Waals surface area contributed by atoms with Crippen molar-refractivity contribution in [1.29, 1.82) is 0 Å². The molecule has 0 saturated heterocycles. The van der Waals surface area contributed by atoms with E-state index >= 15 is 0 Å². The smallest absolute Gasteiger partial charge is 0.119 e. The first kappa shape index (κ1) is 12.8. The van der Waals surface area contributed by atoms with Gasteiger partial charge in [0.1, 0.15) is 5.75 Å². The molecule has 16 heavy (non-hydrogen) atoms. The summed E-state index contributed by atoms with van der Waals surface area (Å²) < 4.78 is 5.58. The Balaban J connectivity index is 2.12. The fraction of sp³-hybridized carbons (Fsp3) is 0.538. The molecule has 1 aromatic carbocycles. The van der Waals surface area contributed by atoms with Crippen LogP contribution in [0.3, 0.4) is 0 Å². The van der Waals surface area contributed by atoms with E-state index in [-0.39, 0.29) is 0 Å². The molecule has 0 unspecified atom stereocenters. The van der Waals surface area contributed by atoms with E-state index in [1.165, 1.54) is 25.7 Å². The summed E-state index contributed by atoms with van der Waals surface area (Å²) in [6.45, 7) is 2.99. The van der Waals surface area contributed by atoms with Crippen LogP contribution in [0.1, 0.15) is 39.0 Å². The summed E-state index contributed by atoms with van der Waals surface area (Å²) in [6, 6.07) is 7.27. The number of anilines is 1. The molecule has 0 aromatic heterocycles. The van der Waals surface area contributed by atoms with Gasteiger partial charge in [0.05, 0.1) is 12.3 Å². The van der Waals surface area contributed by atoms with Crippen molar-refractivity contribution in [3.63, 3.8) is 0 Å². The Hall–Kier alpha value is -1.22. The van der Waals surface area contributed by atoms with Gasteiger partial charge in [-0.15, -0.1) is 0 Å². The van der Waals surface area contributed by atoms with Crippen LogP contribution in [-0.4, -0.2) is 11.8 Å². The van der Waals surface area contributed by atoms with Crippen molar-refractivity contribution in [2.75, 3.05) is 12.1 Å². The molecule has 0 saturated carbocycles. The van der Waals surface area contributed by atoms with Crippen molar-refractivity contribution < 1.29 is 9.94 Å². The lowest BCUT2D eigenvalue weighted by atomic mass is 10.2. The summed E-state index contributed by atoms with van der Waals surface area (Å²) in [5, 5.41) is 8.63. The molecule has 1 rings (SSSR count). The normalized spacial score (nSPS) is 10.1. The molecule has 2 N–H and O–H groups in total. The Bertz CT molecular complexity index is 272. The van der Waals surface area contributed by atoms with Crippen molar-refractivity contribution in [3.8, 4) is 5.75 Å². The molecule has 0 radical (unpaired) electrons. The third-order valence-electron chi connectivity index (χ3n) is 2.50. The fourth-order valence-corrected chi connectivity index (χ4v) is 1.52. The summed E-state index contributed by atoms with van der Waals surface area (Å²) in [4.78, 5) is 0. The number of ether oxygens (including phenoxy) is 1. The van der Waals surface area contributed by atoms with Gasteiger partial charge in [-0.2, -0.15) is 0 Å². The van der Waals surface area contributed by atoms with E-state index in [1.54, 1.807) is 12.1 Å². The number of nitrogens with one attached hydrogen (secondary N) is 1. The van der Waals surface area contributed by atoms with Gasteiger partial charge in [0.25, 0.3) is 0 Å². The standard InChI is InChI=1S/C13H21NO2/c1-2-3-4-5-6-11-16-13-9-7-12(14-15)8-10-13/h7-10,14-15H,2-6,11H2,1H3. The zero-order valence-corrected chi connectivity index (χ0v) is 9.91. The maximum absolute atomic E-state index is 8.63. The molecule has 0 aliphatic heterocycles. The predicted molar refractivity (Wildman–Crippen MR) is 66.1 cm³/mol. The molecule has 3 nitrogen and oxygen atoms in total. The maximum atomic E-state index is 8.63. The molecule has 0 bridgehead atoms. The maximum Gasteiger partial charge on any atom is 0.119 e. The van der Waals surface area contributed by atoms with E-state index in [9.17, 15) is 0 Å². The minimum atomic E-state index is 0.676. The second kappa shape index (κ2) is 7.99. The Morgan fingerprint density at radius 2 is 1.75 bits per heavy atom. The van der Waals surface area contributed by atoms with Gasteiger partial charge in [-0.3, -0.25) is 10.7 Å². The van der Waals surface area contributed by atoms with E-state index in [0.717, 1.165) is 18.8 Å². The number of rotatable bonds is 8. The van der Waals surface area contributed by atoms with Crippen LogP contribution < -0.4 is 10.2 Å². The number of unbranched alkanes of at least 4 members (excludes halogenated alkanes) is 4. The highest BCUT2D eigenvalue weighted by molar-refractivity contribution is 5.44. The largest absolute Gasteiger partial charge is 0.494 e. The zero-order valence-electron chi connectivity index (χ0n) is 9.91. The summed E-state index contributed by atoms with van der Waals surface area (Å²) in [5.74, 6) is 0.856. The van der Waals surface area contributed by atoms with Crippen molar-refractivity contribution in [1.82, 2.24) is 0 Å². The third kappa shape index (κ3) is 5.03. The molecule has 0 aliphatic rings. The second-order valence-electron chi connectivity index (χ2n) is 3.90. The van der Waals surface area contributed by atoms with Gasteiger partial charge in [-0.05, 0) is 30.7 Å². The van der Waals surface area contributed by atoms with Gasteiger partial charge in [-0.25, -0.2) is 0 Å². The second-order valence-corrected chi connectivity index (χ2v) is 3.90. The van der Waals surface area contributed by atoms with Crippen LogP contribution >= 0.6 is 0 Å². The molecule has 0 heterocycles. The summed E-state index contributed by atoms with van der Waals surface area (Å²) in [5.41, 5.74) is 2.77. The van der Waals surface area contributed by atoms with Gasteiger partial charge in [0.2, 0.25) is 0 Å². The monoisotopic (exact) mass is 223 g/mol. The van der Waals surface area contributed by atoms with Crippen LogP contribution in [0.5, 0.6) is 5.75 Å². The van der Waals surface area contributed by atoms with E-state index in [1.807, 2.05) is 12.1 Å². The Kier molecular flexibility index (Phi) is 6.42. The average molecular weight is 223 g/mol. The molecule has 0 amide bonds. The quantitative estimate of drug-likeness (QED) is 0.519. The number of benzene rings is 1. The minimum Gasteiger partial charge on any atom is -0.494 e. The summed E-state index contributed by atoms with van der Waals surface area (Å²) >= 11 is 0. The third-order valence-corrected chi connectivity index (χ3v) is 2.50. The lowest BCUT2D eigenvalue weighted by Gasteiger charge is -2.06. The minimum absolute atomic E-state index is 0.676. The van der Waals surface area contributed by atoms with Crippen LogP contribution in [0, 0.1) is 0 Å². The molecule has 0 aliphatic carbocycles. The Morgan fingerprint density at radius 3 is 2.38 bits per heavy atom. The van der Waals surface area contributed by atoms with Crippen LogP contribution in [0.25, 0.3) is 0 Å². The van der Waals surface area contributed by atoms with Crippen LogP contribution in [0.4, 0.5) is 5.69 Å². The fourth-order valence-electron chi connectivity index (χ4n) is 1.52. The highest BCUT2D eigenvalue weighted by Gasteiger charge is 1.94. The molecular formula is C13H21NO2. The van der Waals surface area contributed by atoms with Crippen LogP contribution in [0.2, 0.25) is 0 Å². The van der Waals surface area contributed by atoms with Crippen molar-refractivity contribution >= 4 is 5.69 Å². The predicted octanol–water partition coefficient (Wildman–Crippen LogP) is 3.84. The molecule has 3 heteroatoms. The highest BCUT2D eigenvalue weighted by atomic mass is 16.5. The summed E-state index contributed by atoms with van der Waals surface area (Å²) in [7, 11) is 0. The van der Waals surface area contributed by atoms with Gasteiger partial charge < -0.3 is 4.74 Å². The lowest BCUT2D eigenvalue weighted by Crippen LogP contribution is -1.97. The van der Waals surface area contributed by atoms with E-state index in [0.29, 0.717) is 5.69 Å². The molecule has 90 valence electrons. The molecule has 0 spiro atoms. The molecule has 1 aromatic rings. The average Bonchev–Trinajstić information content (AvgIpc) is 2.34. The first-order valence-corrected chi connectivity index (χ1v) is 5.99. The van der Waals surface area contributed by atoms with Crippen molar-refractivity contribution in [2.24, 2.45) is 0 Å². The molecule has 0 fully saturated rings. The SMILES string of the molecule is CCCCCCCOc1ccc(NO)cc1. The van der Waals surface area contributed by atoms with Crippen molar-refractivity contribution in [2.45, 2.75) is 39.0 Å². The van der Waals surface area contributed by atoms with Gasteiger partial charge in [0, 0.05) is 0 Å². The van der Waals surface area contributed by atoms with Crippen LogP contribution in [-0.2, 0) is 0 Å². The van der Waals surface area contributed by atoms with E-state index < -0.39 is 0 Å². The number of hydrogen-bond donors (Lipinski definition) is 2. The first-order valence-electron chi connectivity index (χ1n) is 5.99. The van der Waals surface area contributed by atoms with Crippen LogP contribution in [0.15, 0.2) is 24.3 Å². The first-order chi connectivity index (χ1) is 7.86.